The van der Waals surface area contributed by atoms with E-state index in [1.54, 1.807) is 24.3 Å². The van der Waals surface area contributed by atoms with Crippen LogP contribution in [0.3, 0.4) is 0 Å². The van der Waals surface area contributed by atoms with Gasteiger partial charge in [0.2, 0.25) is 5.91 Å². The van der Waals surface area contributed by atoms with Gasteiger partial charge in [0.05, 0.1) is 12.2 Å². The number of para-hydroxylation sites is 2. The Labute approximate surface area is 173 Å². The third-order valence-electron chi connectivity index (χ3n) is 6.51. The summed E-state index contributed by atoms with van der Waals surface area (Å²) in [6.07, 6.45) is 2.84. The molecule has 9 nitrogen and oxygen atoms in total. The van der Waals surface area contributed by atoms with Crippen molar-refractivity contribution in [1.29, 1.82) is 0 Å². The van der Waals surface area contributed by atoms with Gasteiger partial charge < -0.3 is 20.3 Å². The zero-order chi connectivity index (χ0) is 21.0. The van der Waals surface area contributed by atoms with Crippen molar-refractivity contribution in [3.05, 3.63) is 24.3 Å². The molecule has 30 heavy (non-hydrogen) atoms. The lowest BCUT2D eigenvalue weighted by atomic mass is 9.87. The molecule has 0 bridgehead atoms. The van der Waals surface area contributed by atoms with Crippen molar-refractivity contribution < 1.29 is 23.9 Å². The molecule has 1 saturated heterocycles. The van der Waals surface area contributed by atoms with Gasteiger partial charge in [-0.1, -0.05) is 12.1 Å². The summed E-state index contributed by atoms with van der Waals surface area (Å²) in [5.41, 5.74) is -0.310. The van der Waals surface area contributed by atoms with Crippen LogP contribution in [0.2, 0.25) is 0 Å². The minimum absolute atomic E-state index is 0.00949. The second kappa shape index (κ2) is 6.72. The average Bonchev–Trinajstić information content (AvgIpc) is 3.66. The number of likely N-dealkylation sites (N-methyl/N-ethyl adjacent to an activating group) is 1. The van der Waals surface area contributed by atoms with Crippen molar-refractivity contribution >= 4 is 29.4 Å². The highest BCUT2D eigenvalue weighted by atomic mass is 16.5. The van der Waals surface area contributed by atoms with Crippen LogP contribution < -0.4 is 20.3 Å². The third-order valence-corrected chi connectivity index (χ3v) is 6.51. The van der Waals surface area contributed by atoms with Crippen molar-refractivity contribution in [2.24, 2.45) is 11.8 Å². The Morgan fingerprint density at radius 1 is 1.17 bits per heavy atom. The first-order chi connectivity index (χ1) is 14.5. The summed E-state index contributed by atoms with van der Waals surface area (Å²) < 4.78 is 5.72. The normalized spacial score (nSPS) is 24.8. The second-order valence-corrected chi connectivity index (χ2v) is 8.43. The van der Waals surface area contributed by atoms with Crippen molar-refractivity contribution in [3.8, 4) is 5.75 Å². The molecule has 1 unspecified atom stereocenters. The molecule has 3 fully saturated rings. The van der Waals surface area contributed by atoms with Gasteiger partial charge in [0.25, 0.3) is 11.8 Å². The van der Waals surface area contributed by atoms with E-state index in [4.69, 9.17) is 4.74 Å². The number of imide groups is 1. The lowest BCUT2D eigenvalue weighted by Gasteiger charge is -2.34. The van der Waals surface area contributed by atoms with E-state index in [0.717, 1.165) is 30.6 Å². The van der Waals surface area contributed by atoms with Gasteiger partial charge in [-0.05, 0) is 49.7 Å². The van der Waals surface area contributed by atoms with Crippen molar-refractivity contribution in [2.45, 2.75) is 37.3 Å². The number of anilines is 1. The Morgan fingerprint density at radius 3 is 2.47 bits per heavy atom. The van der Waals surface area contributed by atoms with Gasteiger partial charge >= 0.3 is 6.03 Å². The van der Waals surface area contributed by atoms with Crippen LogP contribution in [-0.2, 0) is 14.4 Å². The van der Waals surface area contributed by atoms with Crippen LogP contribution >= 0.6 is 0 Å². The predicted octanol–water partition coefficient (Wildman–Crippen LogP) is 0.637. The number of urea groups is 1. The Hall–Kier alpha value is -3.10. The SMILES string of the molecule is CNC(=O)C1CN(C(=O)CN2C(=O)NC(C3CC3)(C3CC3)C2=O)c2ccccc2O1. The largest absolute Gasteiger partial charge is 0.477 e. The van der Waals surface area contributed by atoms with E-state index in [0.29, 0.717) is 11.4 Å². The van der Waals surface area contributed by atoms with Gasteiger partial charge in [0, 0.05) is 7.05 Å². The van der Waals surface area contributed by atoms with Crippen LogP contribution in [-0.4, -0.2) is 60.4 Å². The molecule has 5 rings (SSSR count). The number of benzene rings is 1. The molecule has 4 aliphatic rings. The molecule has 2 N–H and O–H groups in total. The van der Waals surface area contributed by atoms with Gasteiger partial charge in [-0.3, -0.25) is 19.3 Å². The Kier molecular flexibility index (Phi) is 4.23. The molecule has 2 heterocycles. The number of carbonyl (C=O) groups is 4. The Morgan fingerprint density at radius 2 is 1.83 bits per heavy atom. The molecule has 9 heteroatoms. The highest BCUT2D eigenvalue weighted by Crippen LogP contribution is 2.54. The molecule has 2 aliphatic carbocycles. The maximum atomic E-state index is 13.3. The number of hydrogen-bond donors (Lipinski definition) is 2. The van der Waals surface area contributed by atoms with E-state index in [-0.39, 0.29) is 36.7 Å². The quantitative estimate of drug-likeness (QED) is 0.690. The zero-order valence-electron chi connectivity index (χ0n) is 16.7. The molecule has 5 amide bonds. The van der Waals surface area contributed by atoms with Crippen LogP contribution in [0.25, 0.3) is 0 Å². The van der Waals surface area contributed by atoms with Crippen LogP contribution in [0.5, 0.6) is 5.75 Å². The molecule has 2 saturated carbocycles. The minimum atomic E-state index is -0.867. The Bertz CT molecular complexity index is 927. The van der Waals surface area contributed by atoms with Crippen molar-refractivity contribution in [1.82, 2.24) is 15.5 Å². The van der Waals surface area contributed by atoms with E-state index < -0.39 is 23.6 Å². The fourth-order valence-electron chi connectivity index (χ4n) is 4.71. The summed E-state index contributed by atoms with van der Waals surface area (Å²) >= 11 is 0. The second-order valence-electron chi connectivity index (χ2n) is 8.43. The number of carbonyl (C=O) groups excluding carboxylic acids is 4. The summed E-state index contributed by atoms with van der Waals surface area (Å²) in [6, 6.07) is 6.42. The summed E-state index contributed by atoms with van der Waals surface area (Å²) in [7, 11) is 1.50. The number of nitrogens with one attached hydrogen (secondary N) is 2. The third kappa shape index (κ3) is 2.83. The Balaban J connectivity index is 1.39. The number of hydrogen-bond acceptors (Lipinski definition) is 5. The molecule has 158 valence electrons. The maximum absolute atomic E-state index is 13.3. The van der Waals surface area contributed by atoms with E-state index in [1.807, 2.05) is 0 Å². The summed E-state index contributed by atoms with van der Waals surface area (Å²) in [5, 5.41) is 5.46. The lowest BCUT2D eigenvalue weighted by Crippen LogP contribution is -2.53. The highest BCUT2D eigenvalue weighted by molar-refractivity contribution is 6.11. The van der Waals surface area contributed by atoms with Crippen LogP contribution in [0.4, 0.5) is 10.5 Å². The number of fused-ring (bicyclic) bond motifs is 1. The van der Waals surface area contributed by atoms with Crippen LogP contribution in [0, 0.1) is 11.8 Å². The molecule has 1 aromatic carbocycles. The van der Waals surface area contributed by atoms with Gasteiger partial charge in [-0.2, -0.15) is 0 Å². The zero-order valence-corrected chi connectivity index (χ0v) is 16.7. The molecule has 1 aromatic rings. The van der Waals surface area contributed by atoms with Crippen molar-refractivity contribution in [3.63, 3.8) is 0 Å². The number of rotatable bonds is 5. The van der Waals surface area contributed by atoms with Gasteiger partial charge in [-0.15, -0.1) is 0 Å². The van der Waals surface area contributed by atoms with E-state index >= 15 is 0 Å². The molecular weight excluding hydrogens is 388 g/mol. The number of ether oxygens (including phenoxy) is 1. The van der Waals surface area contributed by atoms with Gasteiger partial charge in [0.15, 0.2) is 6.10 Å². The topological polar surface area (TPSA) is 108 Å². The fourth-order valence-corrected chi connectivity index (χ4v) is 4.71. The first kappa shape index (κ1) is 18.9. The smallest absolute Gasteiger partial charge is 0.325 e. The fraction of sp³-hybridized carbons (Fsp3) is 0.524. The van der Waals surface area contributed by atoms with Crippen molar-refractivity contribution in [2.75, 3.05) is 25.0 Å². The maximum Gasteiger partial charge on any atom is 0.325 e. The lowest BCUT2D eigenvalue weighted by molar-refractivity contribution is -0.136. The molecule has 0 radical (unpaired) electrons. The molecule has 0 aromatic heterocycles. The number of amides is 5. The number of nitrogens with zero attached hydrogens (tertiary/aromatic N) is 2. The first-order valence-electron chi connectivity index (χ1n) is 10.4. The summed E-state index contributed by atoms with van der Waals surface area (Å²) in [6.45, 7) is -0.351. The molecule has 0 spiro atoms. The van der Waals surface area contributed by atoms with Gasteiger partial charge in [0.1, 0.15) is 17.8 Å². The molecule has 1 atom stereocenters. The minimum Gasteiger partial charge on any atom is -0.477 e. The van der Waals surface area contributed by atoms with E-state index in [9.17, 15) is 19.2 Å². The monoisotopic (exact) mass is 412 g/mol. The highest BCUT2D eigenvalue weighted by Gasteiger charge is 2.65. The molecule has 2 aliphatic heterocycles. The van der Waals surface area contributed by atoms with E-state index in [2.05, 4.69) is 10.6 Å². The predicted molar refractivity (Wildman–Crippen MR) is 106 cm³/mol. The first-order valence-corrected chi connectivity index (χ1v) is 10.4. The standard InChI is InChI=1S/C21H24N4O5/c1-22-18(27)16-10-24(14-4-2-3-5-15(14)30-16)17(26)11-25-19(28)21(12-6-7-12,13-8-9-13)23-20(25)29/h2-5,12-13,16H,6-11H2,1H3,(H,22,27)(H,23,29). The summed E-state index contributed by atoms with van der Waals surface area (Å²) in [5.74, 6) is -0.306. The van der Waals surface area contributed by atoms with Crippen LogP contribution in [0.1, 0.15) is 25.7 Å². The van der Waals surface area contributed by atoms with Gasteiger partial charge in [-0.25, -0.2) is 4.79 Å². The average molecular weight is 412 g/mol. The van der Waals surface area contributed by atoms with Crippen LogP contribution in [0.15, 0.2) is 24.3 Å². The molecular formula is C21H24N4O5. The van der Waals surface area contributed by atoms with E-state index in [1.165, 1.54) is 11.9 Å². The summed E-state index contributed by atoms with van der Waals surface area (Å²) in [4.78, 5) is 53.8.